The summed E-state index contributed by atoms with van der Waals surface area (Å²) in [4.78, 5) is 30.3. The monoisotopic (exact) mass is 291 g/mol. The van der Waals surface area contributed by atoms with Crippen LogP contribution in [0.4, 0.5) is 10.7 Å². The molecule has 0 aromatic carbocycles. The van der Waals surface area contributed by atoms with Crippen molar-refractivity contribution >= 4 is 28.8 Å². The van der Waals surface area contributed by atoms with Gasteiger partial charge in [-0.2, -0.15) is 4.98 Å². The van der Waals surface area contributed by atoms with Crippen LogP contribution in [0.5, 0.6) is 0 Å². The minimum atomic E-state index is -0.690. The molecule has 0 aliphatic carbocycles. The first-order valence-electron chi connectivity index (χ1n) is 6.42. The summed E-state index contributed by atoms with van der Waals surface area (Å²) in [5.74, 6) is 0.00790. The first-order chi connectivity index (χ1) is 9.79. The van der Waals surface area contributed by atoms with Gasteiger partial charge in [0.2, 0.25) is 5.95 Å². The number of nitrogens with zero attached hydrogens (tertiary/aromatic N) is 2. The number of nitrogens with one attached hydrogen (secondary N) is 3. The lowest BCUT2D eigenvalue weighted by molar-refractivity contribution is 0.129. The summed E-state index contributed by atoms with van der Waals surface area (Å²) in [5.41, 5.74) is 0.757. The highest BCUT2D eigenvalue weighted by Gasteiger charge is 2.16. The van der Waals surface area contributed by atoms with Gasteiger partial charge in [-0.25, -0.2) is 4.79 Å². The number of carbonyl (C=O) groups is 1. The second-order valence-electron chi connectivity index (χ2n) is 4.97. The van der Waals surface area contributed by atoms with Crippen molar-refractivity contribution in [2.75, 3.05) is 5.32 Å². The predicted molar refractivity (Wildman–Crippen MR) is 79.1 cm³/mol. The molecule has 2 aromatic rings. The largest absolute Gasteiger partial charge is 0.447 e. The highest BCUT2D eigenvalue weighted by molar-refractivity contribution is 6.07. The summed E-state index contributed by atoms with van der Waals surface area (Å²) in [7, 11) is 1.72. The van der Waals surface area contributed by atoms with E-state index in [0.717, 1.165) is 0 Å². The van der Waals surface area contributed by atoms with E-state index in [1.54, 1.807) is 38.6 Å². The normalized spacial score (nSPS) is 10.9. The fraction of sp³-hybridized carbons (Fsp3) is 0.385. The van der Waals surface area contributed by atoms with Crippen LogP contribution in [-0.2, 0) is 11.8 Å². The van der Waals surface area contributed by atoms with Crippen LogP contribution in [0.15, 0.2) is 11.0 Å². The predicted octanol–water partition coefficient (Wildman–Crippen LogP) is 1.61. The molecular formula is C13H17N5O3. The highest BCUT2D eigenvalue weighted by Crippen LogP contribution is 2.16. The summed E-state index contributed by atoms with van der Waals surface area (Å²) < 4.78 is 6.56. The van der Waals surface area contributed by atoms with E-state index in [4.69, 9.17) is 10.1 Å². The molecule has 2 rings (SSSR count). The van der Waals surface area contributed by atoms with Gasteiger partial charge in [0, 0.05) is 24.5 Å². The van der Waals surface area contributed by atoms with Crippen LogP contribution >= 0.6 is 0 Å². The maximum Gasteiger partial charge on any atom is 0.414 e. The van der Waals surface area contributed by atoms with Gasteiger partial charge in [0.1, 0.15) is 5.65 Å². The molecule has 8 nitrogen and oxygen atoms in total. The van der Waals surface area contributed by atoms with Crippen molar-refractivity contribution in [1.29, 1.82) is 5.41 Å². The van der Waals surface area contributed by atoms with Gasteiger partial charge >= 0.3 is 6.09 Å². The smallest absolute Gasteiger partial charge is 0.414 e. The second-order valence-corrected chi connectivity index (χ2v) is 4.97. The quantitative estimate of drug-likeness (QED) is 0.745. The Morgan fingerprint density at radius 1 is 1.52 bits per heavy atom. The van der Waals surface area contributed by atoms with Crippen LogP contribution < -0.4 is 10.9 Å². The number of H-pyrrole nitrogens is 1. The SMILES string of the molecule is CC(=N)c1cn(C)c2nc(NC(=O)OC(C)C)[nH]c(=O)c12. The molecule has 0 unspecified atom stereocenters. The van der Waals surface area contributed by atoms with E-state index < -0.39 is 11.7 Å². The maximum absolute atomic E-state index is 12.1. The van der Waals surface area contributed by atoms with Gasteiger partial charge < -0.3 is 14.7 Å². The summed E-state index contributed by atoms with van der Waals surface area (Å²) in [6.45, 7) is 5.03. The number of hydrogen-bond acceptors (Lipinski definition) is 5. The molecule has 8 heteroatoms. The Bertz CT molecular complexity index is 772. The van der Waals surface area contributed by atoms with E-state index in [1.807, 2.05) is 0 Å². The van der Waals surface area contributed by atoms with Gasteiger partial charge in [-0.1, -0.05) is 0 Å². The number of amides is 1. The molecule has 3 N–H and O–H groups in total. The van der Waals surface area contributed by atoms with Crippen LogP contribution in [0.25, 0.3) is 11.0 Å². The summed E-state index contributed by atoms with van der Waals surface area (Å²) >= 11 is 0. The van der Waals surface area contributed by atoms with E-state index in [-0.39, 0.29) is 17.8 Å². The van der Waals surface area contributed by atoms with Crippen LogP contribution in [0.3, 0.4) is 0 Å². The average Bonchev–Trinajstić information content (AvgIpc) is 2.66. The van der Waals surface area contributed by atoms with E-state index in [0.29, 0.717) is 16.6 Å². The number of aryl methyl sites for hydroxylation is 1. The van der Waals surface area contributed by atoms with Crippen LogP contribution in [0, 0.1) is 5.41 Å². The number of carbonyl (C=O) groups excluding carboxylic acids is 1. The zero-order chi connectivity index (χ0) is 15.7. The van der Waals surface area contributed by atoms with Crippen LogP contribution in [0.2, 0.25) is 0 Å². The zero-order valence-electron chi connectivity index (χ0n) is 12.3. The van der Waals surface area contributed by atoms with Crippen molar-refractivity contribution in [1.82, 2.24) is 14.5 Å². The molecule has 0 radical (unpaired) electrons. The number of hydrogen-bond donors (Lipinski definition) is 3. The Balaban J connectivity index is 2.46. The van der Waals surface area contributed by atoms with Crippen molar-refractivity contribution in [2.45, 2.75) is 26.9 Å². The minimum absolute atomic E-state index is 0.00790. The fourth-order valence-electron chi connectivity index (χ4n) is 1.96. The molecule has 0 atom stereocenters. The minimum Gasteiger partial charge on any atom is -0.447 e. The molecular weight excluding hydrogens is 274 g/mol. The van der Waals surface area contributed by atoms with Crippen molar-refractivity contribution in [3.8, 4) is 0 Å². The Kier molecular flexibility index (Phi) is 3.79. The molecule has 2 aromatic heterocycles. The van der Waals surface area contributed by atoms with Gasteiger partial charge in [-0.3, -0.25) is 15.1 Å². The lowest BCUT2D eigenvalue weighted by atomic mass is 10.2. The number of aromatic nitrogens is 3. The fourth-order valence-corrected chi connectivity index (χ4v) is 1.96. The Morgan fingerprint density at radius 3 is 2.76 bits per heavy atom. The van der Waals surface area contributed by atoms with Crippen LogP contribution in [0.1, 0.15) is 26.3 Å². The number of aromatic amines is 1. The number of fused-ring (bicyclic) bond motifs is 1. The molecule has 2 heterocycles. The Morgan fingerprint density at radius 2 is 2.19 bits per heavy atom. The van der Waals surface area contributed by atoms with E-state index in [1.165, 1.54) is 0 Å². The first-order valence-corrected chi connectivity index (χ1v) is 6.42. The third-order valence-corrected chi connectivity index (χ3v) is 2.79. The lowest BCUT2D eigenvalue weighted by Gasteiger charge is -2.08. The van der Waals surface area contributed by atoms with Gasteiger partial charge in [0.25, 0.3) is 5.56 Å². The standard InChI is InChI=1S/C13H17N5O3/c1-6(2)21-13(20)17-12-15-10-9(11(19)16-12)8(7(3)14)5-18(10)4/h5-6,14H,1-4H3,(H2,15,16,17,19,20). The molecule has 0 aliphatic heterocycles. The summed E-state index contributed by atoms with van der Waals surface area (Å²) in [6, 6.07) is 0. The Labute approximate surface area is 120 Å². The van der Waals surface area contributed by atoms with Crippen molar-refractivity contribution in [2.24, 2.45) is 7.05 Å². The van der Waals surface area contributed by atoms with Gasteiger partial charge in [-0.15, -0.1) is 0 Å². The van der Waals surface area contributed by atoms with Crippen LogP contribution in [-0.4, -0.2) is 32.4 Å². The molecule has 0 bridgehead atoms. The maximum atomic E-state index is 12.1. The third kappa shape index (κ3) is 2.93. The summed E-state index contributed by atoms with van der Waals surface area (Å²) in [6.07, 6.45) is 0.693. The first kappa shape index (κ1) is 14.8. The molecule has 0 aliphatic rings. The summed E-state index contributed by atoms with van der Waals surface area (Å²) in [5, 5.41) is 10.4. The van der Waals surface area contributed by atoms with E-state index in [9.17, 15) is 9.59 Å². The number of ether oxygens (including phenoxy) is 1. The van der Waals surface area contributed by atoms with Gasteiger partial charge in [-0.05, 0) is 20.8 Å². The van der Waals surface area contributed by atoms with E-state index in [2.05, 4.69) is 15.3 Å². The second kappa shape index (κ2) is 5.39. The van der Waals surface area contributed by atoms with Crippen molar-refractivity contribution < 1.29 is 9.53 Å². The van der Waals surface area contributed by atoms with Gasteiger partial charge in [0.05, 0.1) is 11.5 Å². The lowest BCUT2D eigenvalue weighted by Crippen LogP contribution is -2.22. The molecule has 0 saturated heterocycles. The molecule has 21 heavy (non-hydrogen) atoms. The average molecular weight is 291 g/mol. The van der Waals surface area contributed by atoms with Crippen molar-refractivity contribution in [3.05, 3.63) is 22.1 Å². The molecule has 0 spiro atoms. The Hall–Kier alpha value is -2.64. The molecule has 0 fully saturated rings. The number of rotatable bonds is 3. The number of anilines is 1. The molecule has 1 amide bonds. The third-order valence-electron chi connectivity index (χ3n) is 2.79. The molecule has 0 saturated carbocycles. The zero-order valence-corrected chi connectivity index (χ0v) is 12.3. The van der Waals surface area contributed by atoms with Crippen molar-refractivity contribution in [3.63, 3.8) is 0 Å². The molecule has 112 valence electrons. The topological polar surface area (TPSA) is 113 Å². The van der Waals surface area contributed by atoms with Gasteiger partial charge in [0.15, 0.2) is 0 Å². The van der Waals surface area contributed by atoms with E-state index >= 15 is 0 Å². The highest BCUT2D eigenvalue weighted by atomic mass is 16.6.